The normalized spacial score (nSPS) is 10.7. The van der Waals surface area contributed by atoms with E-state index < -0.39 is 0 Å². The molecule has 0 aliphatic rings. The number of hydrogen-bond acceptors (Lipinski definition) is 5. The summed E-state index contributed by atoms with van der Waals surface area (Å²) in [7, 11) is 0. The van der Waals surface area contributed by atoms with Gasteiger partial charge >= 0.3 is 0 Å². The van der Waals surface area contributed by atoms with Gasteiger partial charge in [-0.1, -0.05) is 29.5 Å². The molecule has 0 unspecified atom stereocenters. The van der Waals surface area contributed by atoms with Crippen LogP contribution < -0.4 is 10.9 Å². The minimum absolute atomic E-state index is 0.139. The molecule has 2 N–H and O–H groups in total. The molecule has 0 saturated carbocycles. The van der Waals surface area contributed by atoms with E-state index in [1.807, 2.05) is 31.2 Å². The number of anilines is 2. The lowest BCUT2D eigenvalue weighted by Crippen LogP contribution is -2.07. The molecular weight excluding hydrogens is 272 g/mol. The number of aromatic hydroxyl groups is 1. The van der Waals surface area contributed by atoms with E-state index in [0.717, 1.165) is 10.3 Å². The molecule has 0 amide bonds. The number of rotatable bonds is 2. The molecule has 2 aromatic carbocycles. The molecule has 4 nitrogen and oxygen atoms in total. The zero-order valence-electron chi connectivity index (χ0n) is 10.8. The van der Waals surface area contributed by atoms with Crippen molar-refractivity contribution in [1.82, 2.24) is 4.98 Å². The lowest BCUT2D eigenvalue weighted by Gasteiger charge is -2.08. The SMILES string of the molecule is Cc1ccc(Nc2nc(=O)c3ccccc3s2)c(O)c1. The van der Waals surface area contributed by atoms with E-state index in [9.17, 15) is 9.90 Å². The number of aryl methyl sites for hydroxylation is 1. The predicted octanol–water partition coefficient (Wildman–Crippen LogP) is 3.41. The highest BCUT2D eigenvalue weighted by Crippen LogP contribution is 2.29. The van der Waals surface area contributed by atoms with Gasteiger partial charge in [-0.3, -0.25) is 4.79 Å². The zero-order chi connectivity index (χ0) is 14.1. The smallest absolute Gasteiger partial charge is 0.281 e. The fraction of sp³-hybridized carbons (Fsp3) is 0.0667. The summed E-state index contributed by atoms with van der Waals surface area (Å²) in [6.45, 7) is 1.90. The molecule has 0 spiro atoms. The van der Waals surface area contributed by atoms with Crippen molar-refractivity contribution < 1.29 is 5.11 Å². The molecule has 3 rings (SSSR count). The van der Waals surface area contributed by atoms with E-state index in [0.29, 0.717) is 16.2 Å². The topological polar surface area (TPSA) is 62.2 Å². The Morgan fingerprint density at radius 2 is 2.00 bits per heavy atom. The first kappa shape index (κ1) is 12.6. The van der Waals surface area contributed by atoms with Gasteiger partial charge in [0.1, 0.15) is 5.75 Å². The monoisotopic (exact) mass is 284 g/mol. The van der Waals surface area contributed by atoms with E-state index in [4.69, 9.17) is 0 Å². The lowest BCUT2D eigenvalue weighted by atomic mass is 10.2. The number of aromatic nitrogens is 1. The highest BCUT2D eigenvalue weighted by molar-refractivity contribution is 7.21. The van der Waals surface area contributed by atoms with Crippen molar-refractivity contribution >= 4 is 32.2 Å². The number of phenolic OH excluding ortho intramolecular Hbond substituents is 1. The summed E-state index contributed by atoms with van der Waals surface area (Å²) in [5.41, 5.74) is 1.23. The van der Waals surface area contributed by atoms with Crippen molar-refractivity contribution in [3.05, 3.63) is 58.4 Å². The first-order chi connectivity index (χ1) is 9.63. The Morgan fingerprint density at radius 3 is 2.80 bits per heavy atom. The Morgan fingerprint density at radius 1 is 1.20 bits per heavy atom. The third-order valence-corrected chi connectivity index (χ3v) is 3.88. The summed E-state index contributed by atoms with van der Waals surface area (Å²) >= 11 is 1.38. The van der Waals surface area contributed by atoms with Gasteiger partial charge in [0.05, 0.1) is 11.1 Å². The number of fused-ring (bicyclic) bond motifs is 1. The number of benzene rings is 2. The van der Waals surface area contributed by atoms with Crippen molar-refractivity contribution in [2.75, 3.05) is 5.32 Å². The summed E-state index contributed by atoms with van der Waals surface area (Å²) in [4.78, 5) is 15.9. The molecule has 0 saturated heterocycles. The van der Waals surface area contributed by atoms with Crippen LogP contribution >= 0.6 is 11.3 Å². The van der Waals surface area contributed by atoms with E-state index >= 15 is 0 Å². The largest absolute Gasteiger partial charge is 0.506 e. The number of hydrogen-bond donors (Lipinski definition) is 2. The van der Waals surface area contributed by atoms with Crippen LogP contribution in [0, 0.1) is 6.92 Å². The first-order valence-electron chi connectivity index (χ1n) is 6.10. The van der Waals surface area contributed by atoms with Crippen LogP contribution in [0.3, 0.4) is 0 Å². The second-order valence-corrected chi connectivity index (χ2v) is 5.50. The van der Waals surface area contributed by atoms with E-state index in [-0.39, 0.29) is 11.3 Å². The minimum Gasteiger partial charge on any atom is -0.506 e. The van der Waals surface area contributed by atoms with Gasteiger partial charge in [0.2, 0.25) is 0 Å². The molecule has 5 heteroatoms. The molecule has 0 aliphatic heterocycles. The summed E-state index contributed by atoms with van der Waals surface area (Å²) in [6.07, 6.45) is 0. The van der Waals surface area contributed by atoms with Crippen molar-refractivity contribution in [3.63, 3.8) is 0 Å². The van der Waals surface area contributed by atoms with Gasteiger partial charge in [-0.05, 0) is 36.8 Å². The predicted molar refractivity (Wildman–Crippen MR) is 82.0 cm³/mol. The van der Waals surface area contributed by atoms with Crippen LogP contribution in [0.1, 0.15) is 5.56 Å². The summed E-state index contributed by atoms with van der Waals surface area (Å²) in [5, 5.41) is 13.9. The van der Waals surface area contributed by atoms with Crippen molar-refractivity contribution in [2.24, 2.45) is 0 Å². The summed E-state index contributed by atoms with van der Waals surface area (Å²) < 4.78 is 0.863. The summed E-state index contributed by atoms with van der Waals surface area (Å²) in [5.74, 6) is 0.139. The molecule has 1 heterocycles. The average molecular weight is 284 g/mol. The van der Waals surface area contributed by atoms with E-state index in [1.165, 1.54) is 11.3 Å². The van der Waals surface area contributed by atoms with Gasteiger partial charge < -0.3 is 10.4 Å². The third kappa shape index (κ3) is 2.35. The second-order valence-electron chi connectivity index (χ2n) is 4.47. The van der Waals surface area contributed by atoms with Crippen LogP contribution in [-0.2, 0) is 0 Å². The van der Waals surface area contributed by atoms with Crippen LogP contribution in [0.5, 0.6) is 5.75 Å². The fourth-order valence-corrected chi connectivity index (χ4v) is 2.84. The Bertz CT molecular complexity index is 843. The molecule has 0 atom stereocenters. The number of nitrogens with one attached hydrogen (secondary N) is 1. The standard InChI is InChI=1S/C15H12N2O2S/c1-9-6-7-11(12(18)8-9)16-15-17-14(19)10-4-2-3-5-13(10)20-15/h2-8,18H,1H3,(H,16,17,19). The molecule has 0 aliphatic carbocycles. The van der Waals surface area contributed by atoms with Crippen LogP contribution in [0.4, 0.5) is 10.8 Å². The Balaban J connectivity index is 2.05. The average Bonchev–Trinajstić information content (AvgIpc) is 2.42. The molecule has 0 bridgehead atoms. The Hall–Kier alpha value is -2.40. The van der Waals surface area contributed by atoms with Crippen molar-refractivity contribution in [3.8, 4) is 5.75 Å². The maximum absolute atomic E-state index is 11.9. The molecule has 0 fully saturated rings. The Kier molecular flexibility index (Phi) is 3.12. The van der Waals surface area contributed by atoms with Gasteiger partial charge in [-0.15, -0.1) is 0 Å². The first-order valence-corrected chi connectivity index (χ1v) is 6.92. The minimum atomic E-state index is -0.270. The number of phenols is 1. The zero-order valence-corrected chi connectivity index (χ0v) is 11.6. The van der Waals surface area contributed by atoms with Crippen LogP contribution in [-0.4, -0.2) is 10.1 Å². The van der Waals surface area contributed by atoms with Crippen LogP contribution in [0.15, 0.2) is 47.3 Å². The maximum atomic E-state index is 11.9. The number of nitrogens with zero attached hydrogens (tertiary/aromatic N) is 1. The molecule has 0 radical (unpaired) electrons. The van der Waals surface area contributed by atoms with Crippen molar-refractivity contribution in [2.45, 2.75) is 6.92 Å². The molecule has 3 aromatic rings. The molecule has 100 valence electrons. The lowest BCUT2D eigenvalue weighted by molar-refractivity contribution is 0.477. The van der Waals surface area contributed by atoms with Gasteiger partial charge in [-0.25, -0.2) is 0 Å². The fourth-order valence-electron chi connectivity index (χ4n) is 1.93. The van der Waals surface area contributed by atoms with Crippen molar-refractivity contribution in [1.29, 1.82) is 0 Å². The summed E-state index contributed by atoms with van der Waals surface area (Å²) in [6, 6.07) is 12.6. The second kappa shape index (κ2) is 4.94. The molecular formula is C15H12N2O2S. The highest BCUT2D eigenvalue weighted by Gasteiger charge is 2.06. The van der Waals surface area contributed by atoms with Gasteiger partial charge in [-0.2, -0.15) is 4.98 Å². The van der Waals surface area contributed by atoms with Crippen LogP contribution in [0.25, 0.3) is 10.1 Å². The van der Waals surface area contributed by atoms with Gasteiger partial charge in [0, 0.05) is 4.70 Å². The Labute approximate surface area is 119 Å². The maximum Gasteiger partial charge on any atom is 0.281 e. The van der Waals surface area contributed by atoms with Crippen LogP contribution in [0.2, 0.25) is 0 Å². The van der Waals surface area contributed by atoms with E-state index in [2.05, 4.69) is 10.3 Å². The third-order valence-electron chi connectivity index (χ3n) is 2.92. The van der Waals surface area contributed by atoms with Gasteiger partial charge in [0.25, 0.3) is 5.56 Å². The molecule has 1 aromatic heterocycles. The molecule has 20 heavy (non-hydrogen) atoms. The van der Waals surface area contributed by atoms with E-state index in [1.54, 1.807) is 18.2 Å². The highest BCUT2D eigenvalue weighted by atomic mass is 32.1. The van der Waals surface area contributed by atoms with Gasteiger partial charge in [0.15, 0.2) is 5.13 Å². The quantitative estimate of drug-likeness (QED) is 0.708.